The Hall–Kier alpha value is -0.900. The zero-order valence-corrected chi connectivity index (χ0v) is 12.2. The third kappa shape index (κ3) is 2.10. The van der Waals surface area contributed by atoms with Crippen LogP contribution in [0.3, 0.4) is 0 Å². The lowest BCUT2D eigenvalue weighted by Gasteiger charge is -2.43. The molecule has 4 heteroatoms. The third-order valence-electron chi connectivity index (χ3n) is 5.29. The number of rotatable bonds is 3. The van der Waals surface area contributed by atoms with Gasteiger partial charge >= 0.3 is 0 Å². The molecule has 0 radical (unpaired) electrons. The topological polar surface area (TPSA) is 57.6 Å². The SMILES string of the molecule is CC(C)C1(C)CC(=O)N(C2(CO)CCCCC2)C1=O. The van der Waals surface area contributed by atoms with Crippen LogP contribution in [-0.4, -0.2) is 34.0 Å². The Morgan fingerprint density at radius 1 is 1.21 bits per heavy atom. The average Bonchev–Trinajstić information content (AvgIpc) is 2.62. The molecule has 0 aromatic rings. The fourth-order valence-corrected chi connectivity index (χ4v) is 3.43. The lowest BCUT2D eigenvalue weighted by atomic mass is 9.77. The van der Waals surface area contributed by atoms with Crippen molar-refractivity contribution in [3.8, 4) is 0 Å². The number of aliphatic hydroxyl groups excluding tert-OH is 1. The summed E-state index contributed by atoms with van der Waals surface area (Å²) in [6.07, 6.45) is 4.86. The second kappa shape index (κ2) is 4.89. The van der Waals surface area contributed by atoms with Gasteiger partial charge in [-0.3, -0.25) is 14.5 Å². The van der Waals surface area contributed by atoms with E-state index >= 15 is 0 Å². The molecule has 19 heavy (non-hydrogen) atoms. The number of carbonyl (C=O) groups is 2. The Labute approximate surface area is 115 Å². The summed E-state index contributed by atoms with van der Waals surface area (Å²) in [5.41, 5.74) is -1.23. The van der Waals surface area contributed by atoms with Crippen molar-refractivity contribution in [2.75, 3.05) is 6.61 Å². The molecule has 2 amide bonds. The van der Waals surface area contributed by atoms with Crippen molar-refractivity contribution in [1.82, 2.24) is 4.90 Å². The van der Waals surface area contributed by atoms with Crippen molar-refractivity contribution >= 4 is 11.8 Å². The normalized spacial score (nSPS) is 31.3. The summed E-state index contributed by atoms with van der Waals surface area (Å²) in [4.78, 5) is 26.5. The number of likely N-dealkylation sites (tertiary alicyclic amines) is 1. The van der Waals surface area contributed by atoms with E-state index in [2.05, 4.69) is 0 Å². The maximum Gasteiger partial charge on any atom is 0.236 e. The van der Waals surface area contributed by atoms with E-state index in [1.807, 2.05) is 20.8 Å². The predicted molar refractivity (Wildman–Crippen MR) is 72.3 cm³/mol. The number of hydrogen-bond acceptors (Lipinski definition) is 3. The Kier molecular flexibility index (Phi) is 3.74. The summed E-state index contributed by atoms with van der Waals surface area (Å²) < 4.78 is 0. The molecule has 2 fully saturated rings. The van der Waals surface area contributed by atoms with Crippen LogP contribution in [0.25, 0.3) is 0 Å². The zero-order chi connectivity index (χ0) is 14.3. The number of aliphatic hydroxyl groups is 1. The van der Waals surface area contributed by atoms with Gasteiger partial charge in [0.05, 0.1) is 17.6 Å². The molecule has 4 nitrogen and oxygen atoms in total. The first-order valence-electron chi connectivity index (χ1n) is 7.36. The first kappa shape index (κ1) is 14.5. The average molecular weight is 267 g/mol. The molecule has 1 heterocycles. The molecule has 2 aliphatic rings. The van der Waals surface area contributed by atoms with Crippen LogP contribution in [0.1, 0.15) is 59.3 Å². The van der Waals surface area contributed by atoms with Gasteiger partial charge in [-0.1, -0.05) is 33.1 Å². The summed E-state index contributed by atoms with van der Waals surface area (Å²) in [5.74, 6) is -0.0473. The van der Waals surface area contributed by atoms with Crippen LogP contribution in [0.2, 0.25) is 0 Å². The van der Waals surface area contributed by atoms with Crippen molar-refractivity contribution in [3.63, 3.8) is 0 Å². The number of carbonyl (C=O) groups excluding carboxylic acids is 2. The molecule has 0 aromatic carbocycles. The molecule has 0 aromatic heterocycles. The predicted octanol–water partition coefficient (Wildman–Crippen LogP) is 2.10. The highest BCUT2D eigenvalue weighted by molar-refractivity contribution is 6.06. The Morgan fingerprint density at radius 2 is 1.79 bits per heavy atom. The van der Waals surface area contributed by atoms with Gasteiger partial charge in [-0.15, -0.1) is 0 Å². The monoisotopic (exact) mass is 267 g/mol. The maximum atomic E-state index is 12.7. The molecule has 1 aliphatic heterocycles. The van der Waals surface area contributed by atoms with Crippen LogP contribution in [0.15, 0.2) is 0 Å². The molecule has 1 unspecified atom stereocenters. The molecule has 1 aliphatic carbocycles. The quantitative estimate of drug-likeness (QED) is 0.797. The number of amides is 2. The highest BCUT2D eigenvalue weighted by Crippen LogP contribution is 2.45. The minimum atomic E-state index is -0.626. The van der Waals surface area contributed by atoms with Crippen molar-refractivity contribution in [1.29, 1.82) is 0 Å². The third-order valence-corrected chi connectivity index (χ3v) is 5.29. The first-order valence-corrected chi connectivity index (χ1v) is 7.36. The van der Waals surface area contributed by atoms with Gasteiger partial charge < -0.3 is 5.11 Å². The van der Waals surface area contributed by atoms with Gasteiger partial charge in [-0.25, -0.2) is 0 Å². The van der Waals surface area contributed by atoms with E-state index in [1.54, 1.807) is 0 Å². The van der Waals surface area contributed by atoms with E-state index in [4.69, 9.17) is 0 Å². The van der Waals surface area contributed by atoms with E-state index < -0.39 is 11.0 Å². The molecule has 1 atom stereocenters. The van der Waals surface area contributed by atoms with Gasteiger partial charge in [0, 0.05) is 6.42 Å². The van der Waals surface area contributed by atoms with Gasteiger partial charge in [-0.2, -0.15) is 0 Å². The summed E-state index contributed by atoms with van der Waals surface area (Å²) in [6.45, 7) is 5.76. The fourth-order valence-electron chi connectivity index (χ4n) is 3.43. The largest absolute Gasteiger partial charge is 0.394 e. The highest BCUT2D eigenvalue weighted by atomic mass is 16.3. The molecular formula is C15H25NO3. The van der Waals surface area contributed by atoms with Crippen LogP contribution in [0.4, 0.5) is 0 Å². The van der Waals surface area contributed by atoms with Crippen molar-refractivity contribution in [3.05, 3.63) is 0 Å². The lowest BCUT2D eigenvalue weighted by molar-refractivity contribution is -0.153. The summed E-state index contributed by atoms with van der Waals surface area (Å²) in [7, 11) is 0. The first-order chi connectivity index (χ1) is 8.87. The number of hydrogen-bond donors (Lipinski definition) is 1. The maximum absolute atomic E-state index is 12.7. The van der Waals surface area contributed by atoms with E-state index in [-0.39, 0.29) is 30.8 Å². The van der Waals surface area contributed by atoms with Gasteiger partial charge in [0.15, 0.2) is 0 Å². The molecule has 1 saturated heterocycles. The van der Waals surface area contributed by atoms with Crippen molar-refractivity contribution < 1.29 is 14.7 Å². The second-order valence-corrected chi connectivity index (χ2v) is 6.73. The summed E-state index contributed by atoms with van der Waals surface area (Å²) in [6, 6.07) is 0. The van der Waals surface area contributed by atoms with E-state index in [0.717, 1.165) is 32.1 Å². The van der Waals surface area contributed by atoms with Crippen molar-refractivity contribution in [2.24, 2.45) is 11.3 Å². The van der Waals surface area contributed by atoms with Crippen LogP contribution >= 0.6 is 0 Å². The van der Waals surface area contributed by atoms with E-state index in [0.29, 0.717) is 0 Å². The Balaban J connectivity index is 2.34. The fraction of sp³-hybridized carbons (Fsp3) is 0.867. The molecule has 108 valence electrons. The number of imide groups is 1. The van der Waals surface area contributed by atoms with Gasteiger partial charge in [-0.05, 0) is 25.7 Å². The minimum absolute atomic E-state index is 0.0801. The van der Waals surface area contributed by atoms with Crippen LogP contribution in [0.5, 0.6) is 0 Å². The van der Waals surface area contributed by atoms with E-state index in [9.17, 15) is 14.7 Å². The van der Waals surface area contributed by atoms with Crippen LogP contribution in [0, 0.1) is 11.3 Å². The van der Waals surface area contributed by atoms with Gasteiger partial charge in [0.1, 0.15) is 0 Å². The van der Waals surface area contributed by atoms with Gasteiger partial charge in [0.25, 0.3) is 0 Å². The zero-order valence-electron chi connectivity index (χ0n) is 12.2. The van der Waals surface area contributed by atoms with E-state index in [1.165, 1.54) is 4.90 Å². The minimum Gasteiger partial charge on any atom is -0.394 e. The van der Waals surface area contributed by atoms with Crippen LogP contribution in [-0.2, 0) is 9.59 Å². The smallest absolute Gasteiger partial charge is 0.236 e. The summed E-state index contributed by atoms with van der Waals surface area (Å²) in [5, 5.41) is 9.80. The molecule has 0 bridgehead atoms. The molecule has 0 spiro atoms. The van der Waals surface area contributed by atoms with Crippen LogP contribution < -0.4 is 0 Å². The molecule has 2 rings (SSSR count). The Bertz CT molecular complexity index is 385. The molecule has 1 N–H and O–H groups in total. The standard InChI is InChI=1S/C15H25NO3/c1-11(2)14(3)9-12(18)16(13(14)19)15(10-17)7-5-4-6-8-15/h11,17H,4-10H2,1-3H3. The van der Waals surface area contributed by atoms with Gasteiger partial charge in [0.2, 0.25) is 11.8 Å². The number of nitrogens with zero attached hydrogens (tertiary/aromatic N) is 1. The lowest BCUT2D eigenvalue weighted by Crippen LogP contribution is -2.56. The highest BCUT2D eigenvalue weighted by Gasteiger charge is 2.56. The summed E-state index contributed by atoms with van der Waals surface area (Å²) >= 11 is 0. The van der Waals surface area contributed by atoms with Crippen molar-refractivity contribution in [2.45, 2.75) is 64.8 Å². The second-order valence-electron chi connectivity index (χ2n) is 6.73. The Morgan fingerprint density at radius 3 is 2.21 bits per heavy atom. The molecule has 1 saturated carbocycles. The molecular weight excluding hydrogens is 242 g/mol.